The van der Waals surface area contributed by atoms with Gasteiger partial charge in [-0.25, -0.2) is 8.42 Å². The zero-order valence-corrected chi connectivity index (χ0v) is 15.4. The van der Waals surface area contributed by atoms with Crippen molar-refractivity contribution in [3.8, 4) is 0 Å². The van der Waals surface area contributed by atoms with E-state index in [0.29, 0.717) is 16.7 Å². The van der Waals surface area contributed by atoms with Crippen LogP contribution in [0.2, 0.25) is 0 Å². The topological polar surface area (TPSA) is 101 Å². The van der Waals surface area contributed by atoms with Crippen LogP contribution in [0, 0.1) is 27.7 Å². The van der Waals surface area contributed by atoms with Crippen LogP contribution in [0.4, 0.5) is 5.69 Å². The van der Waals surface area contributed by atoms with E-state index in [1.807, 2.05) is 0 Å². The van der Waals surface area contributed by atoms with Crippen LogP contribution in [0.3, 0.4) is 0 Å². The lowest BCUT2D eigenvalue weighted by atomic mass is 9.98. The van der Waals surface area contributed by atoms with Crippen LogP contribution in [0.25, 0.3) is 0 Å². The fourth-order valence-corrected chi connectivity index (χ4v) is 4.89. The van der Waals surface area contributed by atoms with E-state index in [1.165, 1.54) is 19.1 Å². The summed E-state index contributed by atoms with van der Waals surface area (Å²) in [6.45, 7) is 6.42. The molecule has 2 aromatic carbocycles. The molecule has 0 spiro atoms. The molecule has 0 aliphatic rings. The van der Waals surface area contributed by atoms with Crippen LogP contribution in [-0.2, 0) is 20.1 Å². The Balaban J connectivity index is 2.71. The summed E-state index contributed by atoms with van der Waals surface area (Å²) in [4.78, 5) is -0.202. The fraction of sp³-hybridized carbons (Fsp3) is 0.250. The van der Waals surface area contributed by atoms with E-state index in [4.69, 9.17) is 0 Å². The van der Waals surface area contributed by atoms with Gasteiger partial charge in [0, 0.05) is 0 Å². The molecule has 24 heavy (non-hydrogen) atoms. The van der Waals surface area contributed by atoms with Crippen LogP contribution in [-0.4, -0.2) is 21.4 Å². The monoisotopic (exact) mass is 369 g/mol. The van der Waals surface area contributed by atoms with Gasteiger partial charge in [-0.3, -0.25) is 9.27 Å². The van der Waals surface area contributed by atoms with E-state index < -0.39 is 20.1 Å². The largest absolute Gasteiger partial charge is 0.295 e. The van der Waals surface area contributed by atoms with E-state index in [9.17, 15) is 21.4 Å². The van der Waals surface area contributed by atoms with E-state index >= 15 is 0 Å². The van der Waals surface area contributed by atoms with Crippen molar-refractivity contribution in [2.45, 2.75) is 37.5 Å². The normalized spacial score (nSPS) is 12.2. The second-order valence-electron chi connectivity index (χ2n) is 5.60. The highest BCUT2D eigenvalue weighted by atomic mass is 32.2. The maximum absolute atomic E-state index is 12.5. The summed E-state index contributed by atoms with van der Waals surface area (Å²) < 4.78 is 60.4. The van der Waals surface area contributed by atoms with Gasteiger partial charge in [0.25, 0.3) is 20.1 Å². The van der Waals surface area contributed by atoms with Gasteiger partial charge in [-0.05, 0) is 62.1 Å². The molecule has 8 heteroatoms. The fourth-order valence-electron chi connectivity index (χ4n) is 2.65. The van der Waals surface area contributed by atoms with Crippen molar-refractivity contribution in [1.29, 1.82) is 0 Å². The molecule has 6 nitrogen and oxygen atoms in total. The number of sulfonamides is 1. The molecule has 0 saturated carbocycles. The smallest absolute Gasteiger partial charge is 0.282 e. The Morgan fingerprint density at radius 1 is 0.792 bits per heavy atom. The highest BCUT2D eigenvalue weighted by molar-refractivity contribution is 7.92. The first-order valence-electron chi connectivity index (χ1n) is 7.12. The lowest BCUT2D eigenvalue weighted by molar-refractivity contribution is 0.482. The van der Waals surface area contributed by atoms with Gasteiger partial charge < -0.3 is 0 Å². The van der Waals surface area contributed by atoms with Crippen molar-refractivity contribution in [2.24, 2.45) is 0 Å². The second kappa shape index (κ2) is 6.19. The number of hydrogen-bond donors (Lipinski definition) is 2. The predicted molar refractivity (Wildman–Crippen MR) is 92.5 cm³/mol. The lowest BCUT2D eigenvalue weighted by Crippen LogP contribution is -2.17. The quantitative estimate of drug-likeness (QED) is 0.807. The van der Waals surface area contributed by atoms with Gasteiger partial charge >= 0.3 is 0 Å². The molecule has 2 rings (SSSR count). The van der Waals surface area contributed by atoms with Gasteiger partial charge in [0.05, 0.1) is 10.6 Å². The molecular formula is C16H19NO5S2. The molecule has 2 aromatic rings. The van der Waals surface area contributed by atoms with Gasteiger partial charge in [0.2, 0.25) is 0 Å². The Bertz CT molecular complexity index is 995. The van der Waals surface area contributed by atoms with Gasteiger partial charge in [0.1, 0.15) is 4.90 Å². The number of anilines is 1. The summed E-state index contributed by atoms with van der Waals surface area (Å²) in [5.41, 5.74) is 1.93. The molecule has 0 fully saturated rings. The van der Waals surface area contributed by atoms with Crippen LogP contribution in [0.1, 0.15) is 22.3 Å². The van der Waals surface area contributed by atoms with Crippen molar-refractivity contribution >= 4 is 25.8 Å². The molecule has 0 heterocycles. The molecule has 0 atom stereocenters. The van der Waals surface area contributed by atoms with Crippen LogP contribution in [0.15, 0.2) is 40.1 Å². The summed E-state index contributed by atoms with van der Waals surface area (Å²) in [6, 6.07) is 7.77. The highest BCUT2D eigenvalue weighted by Crippen LogP contribution is 2.34. The Hall–Kier alpha value is -1.90. The second-order valence-corrected chi connectivity index (χ2v) is 8.64. The van der Waals surface area contributed by atoms with E-state index in [-0.39, 0.29) is 21.0 Å². The zero-order valence-electron chi connectivity index (χ0n) is 13.8. The van der Waals surface area contributed by atoms with Crippen LogP contribution < -0.4 is 4.72 Å². The number of benzene rings is 2. The maximum atomic E-state index is 12.5. The van der Waals surface area contributed by atoms with Gasteiger partial charge in [0.15, 0.2) is 0 Å². The number of rotatable bonds is 4. The molecule has 0 amide bonds. The van der Waals surface area contributed by atoms with Crippen LogP contribution in [0.5, 0.6) is 0 Å². The molecule has 0 aromatic heterocycles. The maximum Gasteiger partial charge on any atom is 0.295 e. The molecule has 2 N–H and O–H groups in total. The third-order valence-corrected chi connectivity index (χ3v) is 6.60. The SMILES string of the molecule is Cc1c(C)c(NS(=O)(=O)c2ccccc2)c(C)c(S(=O)(=O)O)c1C. The predicted octanol–water partition coefficient (Wildman–Crippen LogP) is 2.97. The van der Waals surface area contributed by atoms with Crippen molar-refractivity contribution < 1.29 is 21.4 Å². The van der Waals surface area contributed by atoms with Crippen molar-refractivity contribution in [3.05, 3.63) is 52.6 Å². The first-order valence-corrected chi connectivity index (χ1v) is 10.0. The van der Waals surface area contributed by atoms with Crippen LogP contribution >= 0.6 is 0 Å². The van der Waals surface area contributed by atoms with Gasteiger partial charge in [-0.2, -0.15) is 8.42 Å². The molecule has 130 valence electrons. The van der Waals surface area contributed by atoms with Crippen molar-refractivity contribution in [1.82, 2.24) is 0 Å². The molecule has 0 saturated heterocycles. The standard InChI is InChI=1S/C16H19NO5S2/c1-10-11(2)15(13(4)16(12(10)3)24(20,21)22)17-23(18,19)14-8-6-5-7-9-14/h5-9,17H,1-4H3,(H,20,21,22). The third-order valence-electron chi connectivity index (χ3n) is 4.10. The molecule has 0 aliphatic carbocycles. The minimum Gasteiger partial charge on any atom is -0.282 e. The Kier molecular flexibility index (Phi) is 4.76. The van der Waals surface area contributed by atoms with Crippen molar-refractivity contribution in [2.75, 3.05) is 4.72 Å². The average molecular weight is 369 g/mol. The van der Waals surface area contributed by atoms with Crippen molar-refractivity contribution in [3.63, 3.8) is 0 Å². The summed E-state index contributed by atoms with van der Waals surface area (Å²) in [5.74, 6) is 0. The Labute approximate surface area is 142 Å². The number of nitrogens with one attached hydrogen (secondary N) is 1. The Morgan fingerprint density at radius 3 is 1.83 bits per heavy atom. The molecule has 0 bridgehead atoms. The minimum absolute atomic E-state index is 0.0652. The van der Waals surface area contributed by atoms with E-state index in [2.05, 4.69) is 4.72 Å². The molecule has 0 aliphatic heterocycles. The van der Waals surface area contributed by atoms with Gasteiger partial charge in [-0.15, -0.1) is 0 Å². The lowest BCUT2D eigenvalue weighted by Gasteiger charge is -2.20. The summed E-state index contributed by atoms with van der Waals surface area (Å²) in [6.07, 6.45) is 0. The van der Waals surface area contributed by atoms with Gasteiger partial charge in [-0.1, -0.05) is 18.2 Å². The summed E-state index contributed by atoms with van der Waals surface area (Å²) in [7, 11) is -8.36. The Morgan fingerprint density at radius 2 is 1.33 bits per heavy atom. The number of hydrogen-bond acceptors (Lipinski definition) is 4. The summed E-state index contributed by atoms with van der Waals surface area (Å²) in [5, 5.41) is 0. The zero-order chi connectivity index (χ0) is 18.3. The van der Waals surface area contributed by atoms with E-state index in [1.54, 1.807) is 39.0 Å². The first-order chi connectivity index (χ1) is 11.0. The highest BCUT2D eigenvalue weighted by Gasteiger charge is 2.25. The molecule has 0 unspecified atom stereocenters. The molecular weight excluding hydrogens is 350 g/mol. The average Bonchev–Trinajstić information content (AvgIpc) is 2.49. The minimum atomic E-state index is -4.48. The molecule has 0 radical (unpaired) electrons. The third kappa shape index (κ3) is 3.31. The first kappa shape index (κ1) is 18.4. The van der Waals surface area contributed by atoms with E-state index in [0.717, 1.165) is 0 Å². The summed E-state index contributed by atoms with van der Waals surface area (Å²) >= 11 is 0.